The summed E-state index contributed by atoms with van der Waals surface area (Å²) in [6.07, 6.45) is 2.47. The Balaban J connectivity index is 3.41. The van der Waals surface area contributed by atoms with Crippen LogP contribution in [0.3, 0.4) is 0 Å². The third-order valence-corrected chi connectivity index (χ3v) is 3.76. The normalized spacial score (nSPS) is 11.8. The van der Waals surface area contributed by atoms with Crippen LogP contribution in [-0.2, 0) is 9.84 Å². The Kier molecular flexibility index (Phi) is 7.28. The summed E-state index contributed by atoms with van der Waals surface area (Å²) >= 11 is 0. The van der Waals surface area contributed by atoms with Crippen LogP contribution in [0.15, 0.2) is 0 Å². The van der Waals surface area contributed by atoms with Crippen molar-refractivity contribution in [1.29, 1.82) is 0 Å². The van der Waals surface area contributed by atoms with Gasteiger partial charge in [-0.15, -0.1) is 0 Å². The largest absolute Gasteiger partial charge is 0.317 e. The van der Waals surface area contributed by atoms with E-state index < -0.39 is 9.84 Å². The summed E-state index contributed by atoms with van der Waals surface area (Å²) in [5, 5.41) is 3.17. The molecule has 0 heterocycles. The zero-order chi connectivity index (χ0) is 10.2. The van der Waals surface area contributed by atoms with Crippen molar-refractivity contribution in [2.24, 2.45) is 0 Å². The van der Waals surface area contributed by atoms with Gasteiger partial charge in [0, 0.05) is 5.75 Å². The summed E-state index contributed by atoms with van der Waals surface area (Å²) in [6.45, 7) is 5.84. The molecule has 4 heteroatoms. The highest BCUT2D eigenvalue weighted by atomic mass is 32.2. The quantitative estimate of drug-likeness (QED) is 0.608. The Labute approximate surface area is 81.8 Å². The molecule has 0 bridgehead atoms. The van der Waals surface area contributed by atoms with Crippen molar-refractivity contribution >= 4 is 9.84 Å². The van der Waals surface area contributed by atoms with Crippen molar-refractivity contribution < 1.29 is 8.42 Å². The molecule has 0 aliphatic rings. The molecule has 0 saturated carbocycles. The average molecular weight is 207 g/mol. The molecule has 0 aromatic heterocycles. The summed E-state index contributed by atoms with van der Waals surface area (Å²) in [5.41, 5.74) is 0. The molecule has 0 atom stereocenters. The third-order valence-electron chi connectivity index (χ3n) is 1.82. The summed E-state index contributed by atoms with van der Waals surface area (Å²) in [5.74, 6) is 0.695. The number of rotatable bonds is 8. The first-order valence-corrected chi connectivity index (χ1v) is 6.85. The van der Waals surface area contributed by atoms with Crippen LogP contribution in [0.1, 0.15) is 33.1 Å². The van der Waals surface area contributed by atoms with Gasteiger partial charge in [0.15, 0.2) is 0 Å². The maximum Gasteiger partial charge on any atom is 0.150 e. The molecule has 0 rings (SSSR count). The van der Waals surface area contributed by atoms with Gasteiger partial charge >= 0.3 is 0 Å². The molecular weight excluding hydrogens is 186 g/mol. The lowest BCUT2D eigenvalue weighted by molar-refractivity contribution is 0.587. The standard InChI is InChI=1S/C9H21NO2S/c1-3-8-13(11,12)9-6-5-7-10-4-2/h10H,3-9H2,1-2H3. The van der Waals surface area contributed by atoms with Gasteiger partial charge in [-0.25, -0.2) is 8.42 Å². The van der Waals surface area contributed by atoms with Crippen LogP contribution in [0.2, 0.25) is 0 Å². The fraction of sp³-hybridized carbons (Fsp3) is 1.00. The monoisotopic (exact) mass is 207 g/mol. The molecule has 1 N–H and O–H groups in total. The van der Waals surface area contributed by atoms with Gasteiger partial charge in [-0.3, -0.25) is 0 Å². The molecule has 0 amide bonds. The molecule has 13 heavy (non-hydrogen) atoms. The van der Waals surface area contributed by atoms with Crippen molar-refractivity contribution in [3.05, 3.63) is 0 Å². The zero-order valence-electron chi connectivity index (χ0n) is 8.67. The fourth-order valence-corrected chi connectivity index (χ4v) is 2.63. The van der Waals surface area contributed by atoms with Crippen LogP contribution >= 0.6 is 0 Å². The van der Waals surface area contributed by atoms with E-state index in [0.29, 0.717) is 11.5 Å². The van der Waals surface area contributed by atoms with Gasteiger partial charge in [-0.1, -0.05) is 13.8 Å². The van der Waals surface area contributed by atoms with Crippen molar-refractivity contribution in [3.63, 3.8) is 0 Å². The number of unbranched alkanes of at least 4 members (excludes halogenated alkanes) is 1. The van der Waals surface area contributed by atoms with Gasteiger partial charge < -0.3 is 5.32 Å². The van der Waals surface area contributed by atoms with Gasteiger partial charge in [0.05, 0.1) is 5.75 Å². The van der Waals surface area contributed by atoms with Crippen LogP contribution in [0.5, 0.6) is 0 Å². The smallest absolute Gasteiger partial charge is 0.150 e. The van der Waals surface area contributed by atoms with E-state index in [0.717, 1.165) is 32.4 Å². The van der Waals surface area contributed by atoms with Gasteiger partial charge in [0.25, 0.3) is 0 Å². The molecule has 0 fully saturated rings. The average Bonchev–Trinajstić information content (AvgIpc) is 2.04. The first-order valence-electron chi connectivity index (χ1n) is 5.03. The highest BCUT2D eigenvalue weighted by Crippen LogP contribution is 1.98. The van der Waals surface area contributed by atoms with Crippen LogP contribution in [0.4, 0.5) is 0 Å². The third kappa shape index (κ3) is 8.25. The van der Waals surface area contributed by atoms with Gasteiger partial charge in [-0.2, -0.15) is 0 Å². The topological polar surface area (TPSA) is 46.2 Å². The Morgan fingerprint density at radius 2 is 1.77 bits per heavy atom. The Morgan fingerprint density at radius 1 is 1.08 bits per heavy atom. The lowest BCUT2D eigenvalue weighted by Crippen LogP contribution is -2.16. The minimum absolute atomic E-state index is 0.341. The predicted octanol–water partition coefficient (Wildman–Crippen LogP) is 1.20. The molecule has 0 aliphatic carbocycles. The molecule has 0 aromatic carbocycles. The van der Waals surface area contributed by atoms with E-state index >= 15 is 0 Å². The van der Waals surface area contributed by atoms with Crippen molar-refractivity contribution in [2.45, 2.75) is 33.1 Å². The Morgan fingerprint density at radius 3 is 2.31 bits per heavy atom. The van der Waals surface area contributed by atoms with E-state index in [-0.39, 0.29) is 0 Å². The Hall–Kier alpha value is -0.0900. The minimum atomic E-state index is -2.75. The van der Waals surface area contributed by atoms with E-state index in [4.69, 9.17) is 0 Å². The maximum absolute atomic E-state index is 11.2. The SMILES string of the molecule is CCCS(=O)(=O)CCCCNCC. The number of sulfone groups is 1. The highest BCUT2D eigenvalue weighted by Gasteiger charge is 2.07. The van der Waals surface area contributed by atoms with Gasteiger partial charge in [0.2, 0.25) is 0 Å². The van der Waals surface area contributed by atoms with E-state index in [9.17, 15) is 8.42 Å². The molecule has 3 nitrogen and oxygen atoms in total. The molecule has 80 valence electrons. The van der Waals surface area contributed by atoms with Crippen molar-refractivity contribution in [3.8, 4) is 0 Å². The van der Waals surface area contributed by atoms with Gasteiger partial charge in [-0.05, 0) is 32.4 Å². The zero-order valence-corrected chi connectivity index (χ0v) is 9.49. The maximum atomic E-state index is 11.2. The summed E-state index contributed by atoms with van der Waals surface area (Å²) < 4.78 is 22.5. The van der Waals surface area contributed by atoms with Crippen LogP contribution < -0.4 is 5.32 Å². The van der Waals surface area contributed by atoms with Gasteiger partial charge in [0.1, 0.15) is 9.84 Å². The number of hydrogen-bond donors (Lipinski definition) is 1. The molecule has 0 aliphatic heterocycles. The number of nitrogens with one attached hydrogen (secondary N) is 1. The second-order valence-electron chi connectivity index (χ2n) is 3.21. The summed E-state index contributed by atoms with van der Waals surface area (Å²) in [4.78, 5) is 0. The van der Waals surface area contributed by atoms with Crippen LogP contribution in [0.25, 0.3) is 0 Å². The lowest BCUT2D eigenvalue weighted by Gasteiger charge is -2.02. The van der Waals surface area contributed by atoms with Crippen LogP contribution in [-0.4, -0.2) is 33.0 Å². The molecular formula is C9H21NO2S. The minimum Gasteiger partial charge on any atom is -0.317 e. The van der Waals surface area contributed by atoms with E-state index in [1.54, 1.807) is 0 Å². The molecule has 0 spiro atoms. The van der Waals surface area contributed by atoms with Crippen LogP contribution in [0, 0.1) is 0 Å². The molecule has 0 saturated heterocycles. The van der Waals surface area contributed by atoms with E-state index in [2.05, 4.69) is 5.32 Å². The second kappa shape index (κ2) is 7.33. The summed E-state index contributed by atoms with van der Waals surface area (Å²) in [6, 6.07) is 0. The Bertz CT molecular complexity index is 200. The van der Waals surface area contributed by atoms with E-state index in [1.165, 1.54) is 0 Å². The van der Waals surface area contributed by atoms with Crippen molar-refractivity contribution in [1.82, 2.24) is 5.32 Å². The molecule has 0 radical (unpaired) electrons. The first kappa shape index (κ1) is 12.9. The summed E-state index contributed by atoms with van der Waals surface area (Å²) in [7, 11) is -2.75. The predicted molar refractivity (Wildman–Crippen MR) is 56.7 cm³/mol. The molecule has 0 unspecified atom stereocenters. The second-order valence-corrected chi connectivity index (χ2v) is 5.52. The van der Waals surface area contributed by atoms with E-state index in [1.807, 2.05) is 13.8 Å². The highest BCUT2D eigenvalue weighted by molar-refractivity contribution is 7.91. The lowest BCUT2D eigenvalue weighted by atomic mass is 10.3. The first-order chi connectivity index (χ1) is 6.12. The molecule has 0 aromatic rings. The fourth-order valence-electron chi connectivity index (χ4n) is 1.16. The number of hydrogen-bond acceptors (Lipinski definition) is 3. The van der Waals surface area contributed by atoms with Crippen molar-refractivity contribution in [2.75, 3.05) is 24.6 Å².